The Kier molecular flexibility index (Phi) is 5.96. The quantitative estimate of drug-likeness (QED) is 0.688. The van der Waals surface area contributed by atoms with Crippen LogP contribution in [-0.4, -0.2) is 23.9 Å². The molecule has 3 aromatic rings. The Balaban J connectivity index is 1.64. The molecule has 0 spiro atoms. The number of aromatic nitrogens is 1. The van der Waals surface area contributed by atoms with Crippen molar-refractivity contribution < 1.29 is 18.7 Å². The van der Waals surface area contributed by atoms with E-state index < -0.39 is 17.6 Å². The summed E-state index contributed by atoms with van der Waals surface area (Å²) in [6, 6.07) is 17.4. The molecule has 1 aromatic heterocycles. The third kappa shape index (κ3) is 4.91. The SMILES string of the molecule is COc1ccc(CNC(=O)c2cccc(C(=O)Nc3cccc(F)c3)n2)cc1. The number of rotatable bonds is 6. The van der Waals surface area contributed by atoms with Crippen molar-refractivity contribution in [2.75, 3.05) is 12.4 Å². The van der Waals surface area contributed by atoms with Gasteiger partial charge in [-0.1, -0.05) is 24.3 Å². The van der Waals surface area contributed by atoms with Gasteiger partial charge in [-0.05, 0) is 48.0 Å². The molecule has 2 amide bonds. The minimum absolute atomic E-state index is 0.0568. The van der Waals surface area contributed by atoms with Gasteiger partial charge in [0, 0.05) is 12.2 Å². The van der Waals surface area contributed by atoms with E-state index >= 15 is 0 Å². The molecule has 142 valence electrons. The van der Waals surface area contributed by atoms with Crippen LogP contribution >= 0.6 is 0 Å². The minimum atomic E-state index is -0.532. The van der Waals surface area contributed by atoms with Crippen molar-refractivity contribution in [3.63, 3.8) is 0 Å². The third-order valence-corrected chi connectivity index (χ3v) is 3.91. The second kappa shape index (κ2) is 8.77. The number of ether oxygens (including phenoxy) is 1. The molecular weight excluding hydrogens is 361 g/mol. The van der Waals surface area contributed by atoms with E-state index in [1.807, 2.05) is 12.1 Å². The lowest BCUT2D eigenvalue weighted by molar-refractivity contribution is 0.0945. The predicted molar refractivity (Wildman–Crippen MR) is 103 cm³/mol. The molecule has 0 aliphatic carbocycles. The molecule has 2 N–H and O–H groups in total. The number of benzene rings is 2. The number of nitrogens with one attached hydrogen (secondary N) is 2. The summed E-state index contributed by atoms with van der Waals surface area (Å²) < 4.78 is 18.3. The summed E-state index contributed by atoms with van der Waals surface area (Å²) >= 11 is 0. The molecule has 3 rings (SSSR count). The fourth-order valence-electron chi connectivity index (χ4n) is 2.47. The van der Waals surface area contributed by atoms with Crippen LogP contribution in [0.1, 0.15) is 26.5 Å². The number of methoxy groups -OCH3 is 1. The summed E-state index contributed by atoms with van der Waals surface area (Å²) in [4.78, 5) is 28.7. The van der Waals surface area contributed by atoms with Gasteiger partial charge in [0.2, 0.25) is 0 Å². The number of carbonyl (C=O) groups is 2. The van der Waals surface area contributed by atoms with E-state index in [4.69, 9.17) is 4.74 Å². The number of hydrogen-bond acceptors (Lipinski definition) is 4. The van der Waals surface area contributed by atoms with Crippen molar-refractivity contribution >= 4 is 17.5 Å². The molecule has 0 bridgehead atoms. The van der Waals surface area contributed by atoms with Gasteiger partial charge in [-0.15, -0.1) is 0 Å². The summed E-state index contributed by atoms with van der Waals surface area (Å²) in [5.41, 5.74) is 1.37. The number of anilines is 1. The van der Waals surface area contributed by atoms with Crippen molar-refractivity contribution in [3.8, 4) is 5.75 Å². The Bertz CT molecular complexity index is 990. The number of carbonyl (C=O) groups excluding carboxylic acids is 2. The lowest BCUT2D eigenvalue weighted by atomic mass is 10.2. The molecule has 0 radical (unpaired) electrons. The maximum Gasteiger partial charge on any atom is 0.274 e. The monoisotopic (exact) mass is 379 g/mol. The van der Waals surface area contributed by atoms with E-state index in [1.165, 1.54) is 30.3 Å². The molecule has 0 atom stereocenters. The van der Waals surface area contributed by atoms with Crippen molar-refractivity contribution in [1.29, 1.82) is 0 Å². The Morgan fingerprint density at radius 2 is 1.64 bits per heavy atom. The Morgan fingerprint density at radius 3 is 2.32 bits per heavy atom. The van der Waals surface area contributed by atoms with E-state index in [1.54, 1.807) is 31.4 Å². The smallest absolute Gasteiger partial charge is 0.274 e. The van der Waals surface area contributed by atoms with Crippen molar-refractivity contribution in [3.05, 3.63) is 89.5 Å². The van der Waals surface area contributed by atoms with Crippen LogP contribution in [0.15, 0.2) is 66.7 Å². The number of amides is 2. The topological polar surface area (TPSA) is 80.3 Å². The first-order valence-corrected chi connectivity index (χ1v) is 8.50. The highest BCUT2D eigenvalue weighted by molar-refractivity contribution is 6.03. The zero-order valence-electron chi connectivity index (χ0n) is 15.1. The number of hydrogen-bond donors (Lipinski definition) is 2. The van der Waals surface area contributed by atoms with Crippen LogP contribution in [0, 0.1) is 5.82 Å². The molecule has 0 saturated carbocycles. The molecule has 1 heterocycles. The van der Waals surface area contributed by atoms with Crippen molar-refractivity contribution in [2.45, 2.75) is 6.54 Å². The molecule has 28 heavy (non-hydrogen) atoms. The Morgan fingerprint density at radius 1 is 0.964 bits per heavy atom. The van der Waals surface area contributed by atoms with Crippen LogP contribution in [0.4, 0.5) is 10.1 Å². The first kappa shape index (κ1) is 19.0. The maximum atomic E-state index is 13.2. The Labute approximate surface area is 161 Å². The zero-order chi connectivity index (χ0) is 19.9. The van der Waals surface area contributed by atoms with Gasteiger partial charge in [0.15, 0.2) is 0 Å². The molecule has 0 saturated heterocycles. The van der Waals surface area contributed by atoms with Crippen LogP contribution in [-0.2, 0) is 6.54 Å². The first-order chi connectivity index (χ1) is 13.5. The van der Waals surface area contributed by atoms with E-state index in [0.717, 1.165) is 11.3 Å². The van der Waals surface area contributed by atoms with E-state index in [9.17, 15) is 14.0 Å². The van der Waals surface area contributed by atoms with Crippen LogP contribution in [0.25, 0.3) is 0 Å². The van der Waals surface area contributed by atoms with Gasteiger partial charge in [0.05, 0.1) is 7.11 Å². The molecule has 2 aromatic carbocycles. The highest BCUT2D eigenvalue weighted by Crippen LogP contribution is 2.12. The van der Waals surface area contributed by atoms with Gasteiger partial charge in [-0.25, -0.2) is 9.37 Å². The van der Waals surface area contributed by atoms with Gasteiger partial charge in [-0.2, -0.15) is 0 Å². The standard InChI is InChI=1S/C21H18FN3O3/c1-28-17-10-8-14(9-11-17)13-23-20(26)18-6-3-7-19(25-18)21(27)24-16-5-2-4-15(22)12-16/h2-12H,13H2,1H3,(H,23,26)(H,24,27). The summed E-state index contributed by atoms with van der Waals surface area (Å²) in [5, 5.41) is 5.30. The molecule has 7 heteroatoms. The van der Waals surface area contributed by atoms with Crippen LogP contribution in [0.5, 0.6) is 5.75 Å². The normalized spacial score (nSPS) is 10.2. The van der Waals surface area contributed by atoms with Crippen LogP contribution in [0.2, 0.25) is 0 Å². The van der Waals surface area contributed by atoms with E-state index in [-0.39, 0.29) is 11.4 Å². The number of halogens is 1. The summed E-state index contributed by atoms with van der Waals surface area (Å²) in [6.07, 6.45) is 0. The summed E-state index contributed by atoms with van der Waals surface area (Å²) in [5.74, 6) is -0.669. The fraction of sp³-hybridized carbons (Fsp3) is 0.0952. The van der Waals surface area contributed by atoms with Gasteiger partial charge < -0.3 is 15.4 Å². The lowest BCUT2D eigenvalue weighted by Crippen LogP contribution is -2.25. The second-order valence-electron chi connectivity index (χ2n) is 5.90. The minimum Gasteiger partial charge on any atom is -0.497 e. The largest absolute Gasteiger partial charge is 0.497 e. The first-order valence-electron chi connectivity index (χ1n) is 8.50. The number of nitrogens with zero attached hydrogens (tertiary/aromatic N) is 1. The Hall–Kier alpha value is -3.74. The molecule has 0 aliphatic rings. The maximum absolute atomic E-state index is 13.2. The van der Waals surface area contributed by atoms with Crippen molar-refractivity contribution in [2.24, 2.45) is 0 Å². The van der Waals surface area contributed by atoms with Gasteiger partial charge in [0.25, 0.3) is 11.8 Å². The summed E-state index contributed by atoms with van der Waals surface area (Å²) in [6.45, 7) is 0.310. The van der Waals surface area contributed by atoms with Gasteiger partial charge in [-0.3, -0.25) is 9.59 Å². The van der Waals surface area contributed by atoms with Gasteiger partial charge in [0.1, 0.15) is 23.0 Å². The van der Waals surface area contributed by atoms with E-state index in [0.29, 0.717) is 12.2 Å². The fourth-order valence-corrected chi connectivity index (χ4v) is 2.47. The van der Waals surface area contributed by atoms with Crippen molar-refractivity contribution in [1.82, 2.24) is 10.3 Å². The molecule has 0 unspecified atom stereocenters. The highest BCUT2D eigenvalue weighted by atomic mass is 19.1. The molecular formula is C21H18FN3O3. The number of pyridine rings is 1. The highest BCUT2D eigenvalue weighted by Gasteiger charge is 2.13. The predicted octanol–water partition coefficient (Wildman–Crippen LogP) is 3.41. The zero-order valence-corrected chi connectivity index (χ0v) is 15.1. The van der Waals surface area contributed by atoms with Crippen LogP contribution < -0.4 is 15.4 Å². The molecule has 0 aliphatic heterocycles. The average molecular weight is 379 g/mol. The summed E-state index contributed by atoms with van der Waals surface area (Å²) in [7, 11) is 1.58. The average Bonchev–Trinajstić information content (AvgIpc) is 2.72. The second-order valence-corrected chi connectivity index (χ2v) is 5.90. The molecule has 6 nitrogen and oxygen atoms in total. The van der Waals surface area contributed by atoms with Crippen LogP contribution in [0.3, 0.4) is 0 Å². The third-order valence-electron chi connectivity index (χ3n) is 3.91. The van der Waals surface area contributed by atoms with Gasteiger partial charge >= 0.3 is 0 Å². The lowest BCUT2D eigenvalue weighted by Gasteiger charge is -2.08. The van der Waals surface area contributed by atoms with E-state index in [2.05, 4.69) is 15.6 Å². The molecule has 0 fully saturated rings.